The number of likely N-dealkylation sites (N-methyl/N-ethyl adjacent to an activating group) is 1. The van der Waals surface area contributed by atoms with Crippen molar-refractivity contribution >= 4 is 15.9 Å². The molecule has 2 nitrogen and oxygen atoms in total. The molecule has 0 spiro atoms. The minimum atomic E-state index is 0.607. The van der Waals surface area contributed by atoms with Crippen LogP contribution in [0.2, 0.25) is 0 Å². The van der Waals surface area contributed by atoms with Gasteiger partial charge in [-0.3, -0.25) is 0 Å². The first-order valence-corrected chi connectivity index (χ1v) is 8.10. The highest BCUT2D eigenvalue weighted by Gasteiger charge is 2.18. The second-order valence-corrected chi connectivity index (χ2v) is 6.73. The maximum absolute atomic E-state index is 3.49. The zero-order valence-electron chi connectivity index (χ0n) is 12.0. The third-order valence-electron chi connectivity index (χ3n) is 4.20. The Bertz CT molecular complexity index is 371. The van der Waals surface area contributed by atoms with Gasteiger partial charge in [-0.1, -0.05) is 28.1 Å². The molecule has 1 heterocycles. The van der Waals surface area contributed by atoms with Crippen molar-refractivity contribution in [3.8, 4) is 0 Å². The molecule has 1 atom stereocenters. The topological polar surface area (TPSA) is 15.3 Å². The van der Waals surface area contributed by atoms with E-state index in [0.717, 1.165) is 16.8 Å². The fourth-order valence-corrected chi connectivity index (χ4v) is 3.03. The molecule has 2 rings (SSSR count). The third kappa shape index (κ3) is 4.90. The lowest BCUT2D eigenvalue weighted by Gasteiger charge is -2.31. The number of halogens is 1. The molecule has 0 aromatic heterocycles. The Balaban J connectivity index is 1.81. The molecular formula is C16H25BrN2. The van der Waals surface area contributed by atoms with E-state index in [-0.39, 0.29) is 0 Å². The summed E-state index contributed by atoms with van der Waals surface area (Å²) in [6.45, 7) is 5.96. The summed E-state index contributed by atoms with van der Waals surface area (Å²) in [7, 11) is 2.27. The summed E-state index contributed by atoms with van der Waals surface area (Å²) in [6.07, 6.45) is 3.79. The van der Waals surface area contributed by atoms with Crippen molar-refractivity contribution in [2.75, 3.05) is 26.7 Å². The van der Waals surface area contributed by atoms with Gasteiger partial charge in [-0.05, 0) is 69.9 Å². The number of piperidine rings is 1. The second-order valence-electron chi connectivity index (χ2n) is 5.81. The summed E-state index contributed by atoms with van der Waals surface area (Å²) in [6, 6.07) is 9.32. The van der Waals surface area contributed by atoms with Crippen molar-refractivity contribution in [2.45, 2.75) is 32.2 Å². The van der Waals surface area contributed by atoms with Crippen LogP contribution < -0.4 is 5.32 Å². The highest BCUT2D eigenvalue weighted by Crippen LogP contribution is 2.17. The molecule has 0 radical (unpaired) electrons. The Hall–Kier alpha value is -0.380. The van der Waals surface area contributed by atoms with Gasteiger partial charge in [0, 0.05) is 17.1 Å². The van der Waals surface area contributed by atoms with E-state index in [2.05, 4.69) is 64.4 Å². The molecule has 1 aromatic carbocycles. The van der Waals surface area contributed by atoms with Crippen molar-refractivity contribution in [3.05, 3.63) is 34.3 Å². The van der Waals surface area contributed by atoms with Crippen molar-refractivity contribution in [1.82, 2.24) is 10.2 Å². The zero-order valence-corrected chi connectivity index (χ0v) is 13.6. The third-order valence-corrected chi connectivity index (χ3v) is 4.73. The molecule has 1 aromatic rings. The zero-order chi connectivity index (χ0) is 13.7. The van der Waals surface area contributed by atoms with Gasteiger partial charge in [-0.25, -0.2) is 0 Å². The molecule has 1 aliphatic heterocycles. The van der Waals surface area contributed by atoms with Crippen LogP contribution in [-0.4, -0.2) is 37.6 Å². The Morgan fingerprint density at radius 1 is 1.26 bits per heavy atom. The van der Waals surface area contributed by atoms with E-state index in [1.807, 2.05) is 0 Å². The lowest BCUT2D eigenvalue weighted by Crippen LogP contribution is -2.39. The minimum Gasteiger partial charge on any atom is -0.317 e. The molecule has 0 amide bonds. The number of hydrogen-bond acceptors (Lipinski definition) is 2. The Kier molecular flexibility index (Phi) is 5.86. The lowest BCUT2D eigenvalue weighted by molar-refractivity contribution is 0.194. The Morgan fingerprint density at radius 2 is 1.89 bits per heavy atom. The number of nitrogens with one attached hydrogen (secondary N) is 1. The molecule has 0 bridgehead atoms. The molecule has 1 fully saturated rings. The van der Waals surface area contributed by atoms with E-state index < -0.39 is 0 Å². The van der Waals surface area contributed by atoms with Crippen LogP contribution in [0.5, 0.6) is 0 Å². The van der Waals surface area contributed by atoms with E-state index in [1.165, 1.54) is 38.0 Å². The lowest BCUT2D eigenvalue weighted by atomic mass is 9.96. The average Bonchev–Trinajstić information content (AvgIpc) is 2.42. The summed E-state index contributed by atoms with van der Waals surface area (Å²) in [4.78, 5) is 2.53. The van der Waals surface area contributed by atoms with Crippen LogP contribution in [0.4, 0.5) is 0 Å². The monoisotopic (exact) mass is 324 g/mol. The molecule has 1 unspecified atom stereocenters. The molecular weight excluding hydrogens is 300 g/mol. The van der Waals surface area contributed by atoms with Gasteiger partial charge >= 0.3 is 0 Å². The van der Waals surface area contributed by atoms with Crippen LogP contribution >= 0.6 is 15.9 Å². The first-order chi connectivity index (χ1) is 9.15. The van der Waals surface area contributed by atoms with E-state index in [9.17, 15) is 0 Å². The molecule has 1 N–H and O–H groups in total. The largest absolute Gasteiger partial charge is 0.317 e. The van der Waals surface area contributed by atoms with Gasteiger partial charge in [0.1, 0.15) is 0 Å². The normalized spacial score (nSPS) is 18.7. The molecule has 106 valence electrons. The number of hydrogen-bond donors (Lipinski definition) is 1. The van der Waals surface area contributed by atoms with Gasteiger partial charge in [0.15, 0.2) is 0 Å². The fourth-order valence-electron chi connectivity index (χ4n) is 2.77. The van der Waals surface area contributed by atoms with Gasteiger partial charge in [0.05, 0.1) is 0 Å². The summed E-state index contributed by atoms with van der Waals surface area (Å²) < 4.78 is 1.16. The molecule has 1 aliphatic rings. The van der Waals surface area contributed by atoms with Gasteiger partial charge in [0.2, 0.25) is 0 Å². The van der Waals surface area contributed by atoms with Crippen LogP contribution in [0.25, 0.3) is 0 Å². The summed E-state index contributed by atoms with van der Waals surface area (Å²) in [5.74, 6) is 0.874. The van der Waals surface area contributed by atoms with Crippen molar-refractivity contribution in [1.29, 1.82) is 0 Å². The van der Waals surface area contributed by atoms with E-state index >= 15 is 0 Å². The first kappa shape index (κ1) is 15.0. The second kappa shape index (κ2) is 7.41. The number of benzene rings is 1. The quantitative estimate of drug-likeness (QED) is 0.893. The average molecular weight is 325 g/mol. The first-order valence-electron chi connectivity index (χ1n) is 7.30. The summed E-state index contributed by atoms with van der Waals surface area (Å²) in [5.41, 5.74) is 1.42. The Morgan fingerprint density at radius 3 is 2.53 bits per heavy atom. The molecule has 0 saturated carbocycles. The molecule has 19 heavy (non-hydrogen) atoms. The summed E-state index contributed by atoms with van der Waals surface area (Å²) in [5, 5.41) is 3.44. The van der Waals surface area contributed by atoms with Crippen LogP contribution in [-0.2, 0) is 6.42 Å². The highest BCUT2D eigenvalue weighted by atomic mass is 79.9. The predicted octanol–water partition coefficient (Wildman–Crippen LogP) is 3.31. The van der Waals surface area contributed by atoms with E-state index in [4.69, 9.17) is 0 Å². The van der Waals surface area contributed by atoms with Gasteiger partial charge in [-0.2, -0.15) is 0 Å². The van der Waals surface area contributed by atoms with Crippen molar-refractivity contribution in [2.24, 2.45) is 5.92 Å². The minimum absolute atomic E-state index is 0.607. The fraction of sp³-hybridized carbons (Fsp3) is 0.625. The van der Waals surface area contributed by atoms with E-state index in [1.54, 1.807) is 0 Å². The van der Waals surface area contributed by atoms with Crippen LogP contribution in [0, 0.1) is 5.92 Å². The maximum atomic E-state index is 3.49. The molecule has 3 heteroatoms. The SMILES string of the molecule is CC(Cc1ccc(Br)cc1)N(C)CC1CCNCC1. The predicted molar refractivity (Wildman–Crippen MR) is 85.5 cm³/mol. The smallest absolute Gasteiger partial charge is 0.0175 e. The van der Waals surface area contributed by atoms with Crippen LogP contribution in [0.1, 0.15) is 25.3 Å². The van der Waals surface area contributed by atoms with Gasteiger partial charge in [0.25, 0.3) is 0 Å². The summed E-state index contributed by atoms with van der Waals surface area (Å²) >= 11 is 3.49. The van der Waals surface area contributed by atoms with Crippen molar-refractivity contribution in [3.63, 3.8) is 0 Å². The molecule has 0 aliphatic carbocycles. The maximum Gasteiger partial charge on any atom is 0.0175 e. The van der Waals surface area contributed by atoms with E-state index in [0.29, 0.717) is 6.04 Å². The number of nitrogens with zero attached hydrogens (tertiary/aromatic N) is 1. The highest BCUT2D eigenvalue weighted by molar-refractivity contribution is 9.10. The molecule has 1 saturated heterocycles. The van der Waals surface area contributed by atoms with Crippen molar-refractivity contribution < 1.29 is 0 Å². The number of rotatable bonds is 5. The van der Waals surface area contributed by atoms with Crippen LogP contribution in [0.15, 0.2) is 28.7 Å². The standard InChI is InChI=1S/C16H25BrN2/c1-13(11-14-3-5-16(17)6-4-14)19(2)12-15-7-9-18-10-8-15/h3-6,13,15,18H,7-12H2,1-2H3. The van der Waals surface area contributed by atoms with Gasteiger partial charge in [-0.15, -0.1) is 0 Å². The van der Waals surface area contributed by atoms with Gasteiger partial charge < -0.3 is 10.2 Å². The van der Waals surface area contributed by atoms with Crippen LogP contribution in [0.3, 0.4) is 0 Å². The Labute approximate surface area is 125 Å².